The molecule has 1 aliphatic heterocycles. The van der Waals surface area contributed by atoms with Crippen LogP contribution in [0.4, 0.5) is 26.3 Å². The van der Waals surface area contributed by atoms with E-state index < -0.39 is 45.3 Å². The molecule has 34 heavy (non-hydrogen) atoms. The van der Waals surface area contributed by atoms with Crippen LogP contribution in [0.3, 0.4) is 0 Å². The van der Waals surface area contributed by atoms with Crippen molar-refractivity contribution < 1.29 is 44.6 Å². The summed E-state index contributed by atoms with van der Waals surface area (Å²) in [4.78, 5) is 1.84. The van der Waals surface area contributed by atoms with E-state index in [9.17, 15) is 39.9 Å². The first-order valence-electron chi connectivity index (χ1n) is 9.53. The maximum Gasteiger partial charge on any atom is 0.429 e. The zero-order chi connectivity index (χ0) is 24.9. The fourth-order valence-corrected chi connectivity index (χ4v) is 8.05. The van der Waals surface area contributed by atoms with Crippen molar-refractivity contribution in [2.45, 2.75) is 42.4 Å². The Morgan fingerprint density at radius 2 is 1.18 bits per heavy atom. The minimum Gasteiger partial charge on any atom is -0.490 e. The van der Waals surface area contributed by atoms with E-state index in [1.807, 2.05) is 0 Å². The van der Waals surface area contributed by atoms with Gasteiger partial charge in [-0.25, -0.2) is 8.42 Å². The summed E-state index contributed by atoms with van der Waals surface area (Å²) in [6, 6.07) is 18.0. The molecule has 0 spiro atoms. The van der Waals surface area contributed by atoms with E-state index in [2.05, 4.69) is 4.74 Å². The molecule has 0 fully saturated rings. The molecule has 0 atom stereocenters. The first kappa shape index (κ1) is 24.4. The molecule has 4 rings (SSSR count). The van der Waals surface area contributed by atoms with Crippen LogP contribution in [0, 0.1) is 0 Å². The van der Waals surface area contributed by atoms with E-state index in [-0.39, 0.29) is 15.5 Å². The lowest BCUT2D eigenvalue weighted by Gasteiger charge is -2.31. The summed E-state index contributed by atoms with van der Waals surface area (Å²) in [6.45, 7) is -2.07. The number of sulfone groups is 1. The van der Waals surface area contributed by atoms with Gasteiger partial charge < -0.3 is 9.84 Å². The van der Waals surface area contributed by atoms with Gasteiger partial charge in [-0.1, -0.05) is 24.3 Å². The third kappa shape index (κ3) is 3.93. The summed E-state index contributed by atoms with van der Waals surface area (Å²) in [7, 11) is -4.67. The molecule has 1 aliphatic rings. The van der Waals surface area contributed by atoms with Gasteiger partial charge in [-0.2, -0.15) is 26.3 Å². The lowest BCUT2D eigenvalue weighted by molar-refractivity contribution is -0.373. The molecule has 3 aromatic rings. The van der Waals surface area contributed by atoms with Crippen molar-refractivity contribution >= 4 is 20.7 Å². The molecule has 0 radical (unpaired) electrons. The normalized spacial score (nSPS) is 16.0. The monoisotopic (exact) mass is 521 g/mol. The molecule has 0 saturated carbocycles. The standard InChI is InChI=1S/C22H15F6O4S2/c23-21(24,25)20(29,22(26,27)28)13-32-14-9-11-15(12-10-14)33-16-5-1-3-7-18(16)34(30,31)19-8-4-2-6-17(19)33/h1-12,29H,13H2/q+1. The van der Waals surface area contributed by atoms with Gasteiger partial charge in [0, 0.05) is 0 Å². The molecule has 0 bridgehead atoms. The number of rotatable bonds is 4. The van der Waals surface area contributed by atoms with Crippen molar-refractivity contribution in [2.75, 3.05) is 6.61 Å². The molecule has 0 unspecified atom stereocenters. The second-order valence-corrected chi connectivity index (χ2v) is 11.2. The maximum absolute atomic E-state index is 13.0. The molecule has 4 nitrogen and oxygen atoms in total. The van der Waals surface area contributed by atoms with Crippen LogP contribution in [0.5, 0.6) is 5.75 Å². The predicted octanol–water partition coefficient (Wildman–Crippen LogP) is 5.16. The zero-order valence-corrected chi connectivity index (χ0v) is 18.5. The Morgan fingerprint density at radius 3 is 1.62 bits per heavy atom. The molecule has 0 amide bonds. The fourth-order valence-electron chi connectivity index (χ4n) is 3.36. The first-order chi connectivity index (χ1) is 15.8. The van der Waals surface area contributed by atoms with Gasteiger partial charge in [-0.3, -0.25) is 0 Å². The predicted molar refractivity (Wildman–Crippen MR) is 109 cm³/mol. The molecule has 1 N–H and O–H groups in total. The number of halogens is 6. The van der Waals surface area contributed by atoms with E-state index >= 15 is 0 Å². The topological polar surface area (TPSA) is 63.6 Å². The highest BCUT2D eigenvalue weighted by molar-refractivity contribution is 8.00. The number of hydrogen-bond donors (Lipinski definition) is 1. The number of fused-ring (bicyclic) bond motifs is 2. The van der Waals surface area contributed by atoms with Crippen molar-refractivity contribution in [3.8, 4) is 5.75 Å². The number of benzene rings is 3. The van der Waals surface area contributed by atoms with E-state index in [1.54, 1.807) is 36.4 Å². The van der Waals surface area contributed by atoms with Crippen molar-refractivity contribution in [3.63, 3.8) is 0 Å². The Bertz CT molecular complexity index is 1250. The van der Waals surface area contributed by atoms with E-state index in [0.29, 0.717) is 14.7 Å². The smallest absolute Gasteiger partial charge is 0.429 e. The molecule has 12 heteroatoms. The van der Waals surface area contributed by atoms with Crippen molar-refractivity contribution in [3.05, 3.63) is 72.8 Å². The number of alkyl halides is 6. The number of aliphatic hydroxyl groups is 1. The molecular weight excluding hydrogens is 506 g/mol. The lowest BCUT2D eigenvalue weighted by atomic mass is 10.0. The molecule has 0 saturated heterocycles. The molecule has 3 aromatic carbocycles. The van der Waals surface area contributed by atoms with E-state index in [1.165, 1.54) is 36.4 Å². The van der Waals surface area contributed by atoms with Gasteiger partial charge in [0.25, 0.3) is 5.60 Å². The van der Waals surface area contributed by atoms with Crippen LogP contribution in [-0.2, 0) is 20.7 Å². The zero-order valence-electron chi connectivity index (χ0n) is 16.9. The third-order valence-corrected chi connectivity index (χ3v) is 9.63. The van der Waals surface area contributed by atoms with Gasteiger partial charge in [-0.05, 0) is 48.5 Å². The average molecular weight is 521 g/mol. The van der Waals surface area contributed by atoms with Gasteiger partial charge in [0.15, 0.2) is 14.7 Å². The number of hydrogen-bond acceptors (Lipinski definition) is 4. The molecule has 0 aliphatic carbocycles. The highest BCUT2D eigenvalue weighted by Gasteiger charge is 2.71. The maximum atomic E-state index is 13.0. The summed E-state index contributed by atoms with van der Waals surface area (Å²) in [5.74, 6) is -0.328. The van der Waals surface area contributed by atoms with Crippen LogP contribution < -0.4 is 4.74 Å². The van der Waals surface area contributed by atoms with Crippen LogP contribution in [-0.4, -0.2) is 38.1 Å². The SMILES string of the molecule is O=S1(=O)c2ccccc2[S+](c2ccc(OCC(O)(C(F)(F)F)C(F)(F)F)cc2)c2ccccc21. The molecule has 0 aromatic heterocycles. The van der Waals surface area contributed by atoms with E-state index in [4.69, 9.17) is 0 Å². The summed E-state index contributed by atoms with van der Waals surface area (Å²) in [5, 5.41) is 9.24. The minimum absolute atomic E-state index is 0.123. The van der Waals surface area contributed by atoms with Crippen LogP contribution in [0.15, 0.2) is 97.3 Å². The van der Waals surface area contributed by atoms with Crippen LogP contribution in [0.2, 0.25) is 0 Å². The third-order valence-electron chi connectivity index (χ3n) is 5.16. The lowest BCUT2D eigenvalue weighted by Crippen LogP contribution is -2.60. The summed E-state index contributed by atoms with van der Waals surface area (Å²) < 4.78 is 108. The molecule has 1 heterocycles. The van der Waals surface area contributed by atoms with Gasteiger partial charge >= 0.3 is 12.4 Å². The van der Waals surface area contributed by atoms with Gasteiger partial charge in [0.05, 0.1) is 0 Å². The highest BCUT2D eigenvalue weighted by atomic mass is 32.2. The Labute approximate surface area is 193 Å². The van der Waals surface area contributed by atoms with Gasteiger partial charge in [-0.15, -0.1) is 0 Å². The Morgan fingerprint density at radius 1 is 0.735 bits per heavy atom. The van der Waals surface area contributed by atoms with Crippen LogP contribution >= 0.6 is 0 Å². The average Bonchev–Trinajstić information content (AvgIpc) is 2.77. The van der Waals surface area contributed by atoms with Crippen molar-refractivity contribution in [1.82, 2.24) is 0 Å². The Balaban J connectivity index is 1.68. The largest absolute Gasteiger partial charge is 0.490 e. The summed E-state index contributed by atoms with van der Waals surface area (Å²) >= 11 is 0. The second kappa shape index (κ2) is 8.21. The van der Waals surface area contributed by atoms with Crippen molar-refractivity contribution in [1.29, 1.82) is 0 Å². The second-order valence-electron chi connectivity index (χ2n) is 7.32. The quantitative estimate of drug-likeness (QED) is 0.298. The summed E-state index contributed by atoms with van der Waals surface area (Å²) in [5.41, 5.74) is -5.03. The van der Waals surface area contributed by atoms with Crippen LogP contribution in [0.25, 0.3) is 0 Å². The molecular formula is C22H15F6O4S2+. The van der Waals surface area contributed by atoms with Crippen molar-refractivity contribution in [2.24, 2.45) is 0 Å². The minimum atomic E-state index is -5.99. The van der Waals surface area contributed by atoms with E-state index in [0.717, 1.165) is 0 Å². The fraction of sp³-hybridized carbons (Fsp3) is 0.182. The Hall–Kier alpha value is -2.70. The van der Waals surface area contributed by atoms with Gasteiger partial charge in [0.1, 0.15) is 33.0 Å². The summed E-state index contributed by atoms with van der Waals surface area (Å²) in [6.07, 6.45) is -12.0. The van der Waals surface area contributed by atoms with Crippen LogP contribution in [0.1, 0.15) is 0 Å². The Kier molecular flexibility index (Phi) is 5.90. The van der Waals surface area contributed by atoms with Gasteiger partial charge in [0.2, 0.25) is 9.84 Å². The first-order valence-corrected chi connectivity index (χ1v) is 12.2. The molecule has 180 valence electrons. The number of ether oxygens (including phenoxy) is 1. The highest BCUT2D eigenvalue weighted by Crippen LogP contribution is 2.45.